The number of H-pyrrole nitrogens is 1. The summed E-state index contributed by atoms with van der Waals surface area (Å²) in [7, 11) is 1.57. The number of aryl methyl sites for hydroxylation is 1. The summed E-state index contributed by atoms with van der Waals surface area (Å²) in [5.74, 6) is -0.560. The van der Waals surface area contributed by atoms with Crippen molar-refractivity contribution >= 4 is 46.1 Å². The first-order valence-electron chi connectivity index (χ1n) is 17.5. The summed E-state index contributed by atoms with van der Waals surface area (Å²) in [5, 5.41) is 7.26. The summed E-state index contributed by atoms with van der Waals surface area (Å²) in [6.07, 6.45) is 9.29. The van der Waals surface area contributed by atoms with E-state index in [1.807, 2.05) is 48.7 Å². The van der Waals surface area contributed by atoms with Crippen LogP contribution in [0.2, 0.25) is 5.02 Å². The summed E-state index contributed by atoms with van der Waals surface area (Å²) < 4.78 is 0. The van der Waals surface area contributed by atoms with Crippen LogP contribution in [-0.4, -0.2) is 87.6 Å². The second-order valence-corrected chi connectivity index (χ2v) is 14.3. The van der Waals surface area contributed by atoms with Crippen molar-refractivity contribution in [1.29, 1.82) is 0 Å². The molecule has 4 heterocycles. The number of carbonyl (C=O) groups is 4. The molecule has 2 aromatic heterocycles. The number of likely N-dealkylation sites (N-methyl/N-ethyl adjacent to an activating group) is 1. The molecule has 2 unspecified atom stereocenters. The Labute approximate surface area is 296 Å². The number of piperidine rings is 1. The standard InChI is InChI=1S/C38H42ClN7O4/c1-40-37(49)32(9-5-8-23-6-3-2-4-7-23)44-36(48)31-22-45(34(47)14-25-16-41-33-15-28(39)12-13-29(25)33)19-27-20-46(21-30(27)31)38(50)26-17-42-35(43-18-26)24-10-11-24/h2-4,6-7,12-13,15-18,24,27,30-32,41H,5,8-11,14,19-22H2,1H3,(H,40,49)(H,44,48)/t27?,30-,31?,32-/m0/s1. The smallest absolute Gasteiger partial charge is 0.257 e. The summed E-state index contributed by atoms with van der Waals surface area (Å²) in [4.78, 5) is 70.4. The predicted octanol–water partition coefficient (Wildman–Crippen LogP) is 4.13. The number of aromatic nitrogens is 3. The minimum atomic E-state index is -0.722. The van der Waals surface area contributed by atoms with Gasteiger partial charge in [-0.2, -0.15) is 0 Å². The van der Waals surface area contributed by atoms with Crippen molar-refractivity contribution in [3.8, 4) is 0 Å². The van der Waals surface area contributed by atoms with Crippen molar-refractivity contribution in [3.63, 3.8) is 0 Å². The Hall–Kier alpha value is -4.77. The molecule has 2 aromatic carbocycles. The number of hydrogen-bond acceptors (Lipinski definition) is 6. The molecule has 4 aromatic rings. The molecule has 3 N–H and O–H groups in total. The Kier molecular flexibility index (Phi) is 9.85. The SMILES string of the molecule is CNC(=O)[C@H](CCCc1ccccc1)NC(=O)C1CN(C(=O)Cc2c[nH]c3cc(Cl)ccc23)CC2CN(C(=O)c3cnc(C4CC4)nc3)C[C@@H]21. The summed E-state index contributed by atoms with van der Waals surface area (Å²) in [6, 6.07) is 14.8. The van der Waals surface area contributed by atoms with Gasteiger partial charge in [0.25, 0.3) is 5.91 Å². The molecule has 11 nitrogen and oxygen atoms in total. The van der Waals surface area contributed by atoms with Crippen molar-refractivity contribution in [1.82, 2.24) is 35.4 Å². The molecule has 4 amide bonds. The van der Waals surface area contributed by atoms with E-state index in [0.717, 1.165) is 41.6 Å². The van der Waals surface area contributed by atoms with E-state index in [-0.39, 0.29) is 48.4 Å². The first kappa shape index (κ1) is 33.7. The third-order valence-electron chi connectivity index (χ3n) is 10.5. The van der Waals surface area contributed by atoms with Crippen LogP contribution < -0.4 is 10.6 Å². The third kappa shape index (κ3) is 7.38. The topological polar surface area (TPSA) is 140 Å². The molecule has 0 radical (unpaired) electrons. The van der Waals surface area contributed by atoms with Crippen LogP contribution in [0.4, 0.5) is 0 Å². The molecule has 260 valence electrons. The monoisotopic (exact) mass is 695 g/mol. The fourth-order valence-corrected chi connectivity index (χ4v) is 7.73. The molecular weight excluding hydrogens is 654 g/mol. The molecule has 1 saturated carbocycles. The number of likely N-dealkylation sites (tertiary alicyclic amines) is 2. The summed E-state index contributed by atoms with van der Waals surface area (Å²) >= 11 is 6.18. The third-order valence-corrected chi connectivity index (χ3v) is 10.7. The number of aromatic amines is 1. The molecule has 12 heteroatoms. The van der Waals surface area contributed by atoms with Crippen molar-refractivity contribution in [2.45, 2.75) is 50.5 Å². The number of amides is 4. The number of hydrogen-bond donors (Lipinski definition) is 3. The lowest BCUT2D eigenvalue weighted by Gasteiger charge is -2.40. The van der Waals surface area contributed by atoms with Crippen LogP contribution in [0, 0.1) is 17.8 Å². The van der Waals surface area contributed by atoms with Gasteiger partial charge in [-0.25, -0.2) is 9.97 Å². The van der Waals surface area contributed by atoms with Crippen LogP contribution in [0.3, 0.4) is 0 Å². The van der Waals surface area contributed by atoms with Crippen LogP contribution in [0.5, 0.6) is 0 Å². The molecule has 3 fully saturated rings. The van der Waals surface area contributed by atoms with Gasteiger partial charge in [0.15, 0.2) is 0 Å². The van der Waals surface area contributed by atoms with Gasteiger partial charge in [-0.3, -0.25) is 19.2 Å². The molecule has 0 bridgehead atoms. The van der Waals surface area contributed by atoms with E-state index in [9.17, 15) is 19.2 Å². The second kappa shape index (κ2) is 14.6. The van der Waals surface area contributed by atoms with E-state index in [0.29, 0.717) is 49.0 Å². The Morgan fingerprint density at radius 3 is 2.48 bits per heavy atom. The number of fused-ring (bicyclic) bond motifs is 2. The first-order valence-corrected chi connectivity index (χ1v) is 17.9. The van der Waals surface area contributed by atoms with Gasteiger partial charge in [-0.15, -0.1) is 0 Å². The summed E-state index contributed by atoms with van der Waals surface area (Å²) in [5.41, 5.74) is 3.28. The quantitative estimate of drug-likeness (QED) is 0.216. The van der Waals surface area contributed by atoms with Gasteiger partial charge in [0, 0.05) is 73.7 Å². The van der Waals surface area contributed by atoms with Crippen molar-refractivity contribution in [2.75, 3.05) is 33.2 Å². The van der Waals surface area contributed by atoms with E-state index in [4.69, 9.17) is 11.6 Å². The van der Waals surface area contributed by atoms with Gasteiger partial charge < -0.3 is 25.4 Å². The van der Waals surface area contributed by atoms with Crippen molar-refractivity contribution in [2.24, 2.45) is 17.8 Å². The Morgan fingerprint density at radius 1 is 0.980 bits per heavy atom. The molecule has 3 aliphatic rings. The number of halogens is 1. The highest BCUT2D eigenvalue weighted by Gasteiger charge is 2.48. The molecule has 7 rings (SSSR count). The highest BCUT2D eigenvalue weighted by Crippen LogP contribution is 2.39. The Morgan fingerprint density at radius 2 is 1.74 bits per heavy atom. The maximum atomic E-state index is 14.2. The van der Waals surface area contributed by atoms with E-state index in [1.54, 1.807) is 35.3 Å². The van der Waals surface area contributed by atoms with Crippen LogP contribution in [-0.2, 0) is 27.2 Å². The fraction of sp³-hybridized carbons (Fsp3) is 0.421. The van der Waals surface area contributed by atoms with Crippen LogP contribution in [0.25, 0.3) is 10.9 Å². The molecule has 50 heavy (non-hydrogen) atoms. The Bertz CT molecular complexity index is 1880. The van der Waals surface area contributed by atoms with E-state index >= 15 is 0 Å². The number of nitrogens with one attached hydrogen (secondary N) is 3. The van der Waals surface area contributed by atoms with E-state index in [2.05, 4.69) is 25.6 Å². The lowest BCUT2D eigenvalue weighted by Crippen LogP contribution is -2.56. The fourth-order valence-electron chi connectivity index (χ4n) is 7.56. The van der Waals surface area contributed by atoms with E-state index in [1.165, 1.54) is 5.56 Å². The maximum Gasteiger partial charge on any atom is 0.257 e. The number of benzene rings is 2. The van der Waals surface area contributed by atoms with Crippen LogP contribution in [0.1, 0.15) is 58.9 Å². The normalized spacial score (nSPS) is 20.7. The van der Waals surface area contributed by atoms with E-state index < -0.39 is 12.0 Å². The zero-order chi connectivity index (χ0) is 34.8. The van der Waals surface area contributed by atoms with Crippen molar-refractivity contribution < 1.29 is 19.2 Å². The lowest BCUT2D eigenvalue weighted by molar-refractivity contribution is -0.140. The van der Waals surface area contributed by atoms with Gasteiger partial charge in [-0.1, -0.05) is 48.0 Å². The van der Waals surface area contributed by atoms with Crippen LogP contribution in [0.15, 0.2) is 67.1 Å². The largest absolute Gasteiger partial charge is 0.361 e. The minimum Gasteiger partial charge on any atom is -0.361 e. The Balaban J connectivity index is 1.09. The predicted molar refractivity (Wildman–Crippen MR) is 189 cm³/mol. The zero-order valence-corrected chi connectivity index (χ0v) is 28.9. The van der Waals surface area contributed by atoms with Crippen LogP contribution >= 0.6 is 11.6 Å². The van der Waals surface area contributed by atoms with Gasteiger partial charge in [0.05, 0.1) is 17.9 Å². The molecule has 0 spiro atoms. The number of carbonyl (C=O) groups excluding carboxylic acids is 4. The summed E-state index contributed by atoms with van der Waals surface area (Å²) in [6.45, 7) is 1.41. The number of rotatable bonds is 11. The van der Waals surface area contributed by atoms with Gasteiger partial charge in [0.2, 0.25) is 17.7 Å². The molecule has 1 aliphatic carbocycles. The molecule has 2 saturated heterocycles. The first-order chi connectivity index (χ1) is 24.3. The van der Waals surface area contributed by atoms with Gasteiger partial charge in [0.1, 0.15) is 11.9 Å². The van der Waals surface area contributed by atoms with Gasteiger partial charge >= 0.3 is 0 Å². The average molecular weight is 696 g/mol. The maximum absolute atomic E-state index is 14.2. The zero-order valence-electron chi connectivity index (χ0n) is 28.1. The number of nitrogens with zero attached hydrogens (tertiary/aromatic N) is 4. The highest BCUT2D eigenvalue weighted by molar-refractivity contribution is 6.31. The highest BCUT2D eigenvalue weighted by atomic mass is 35.5. The minimum absolute atomic E-state index is 0.100. The molecule has 4 atom stereocenters. The molecular formula is C38H42ClN7O4. The van der Waals surface area contributed by atoms with Gasteiger partial charge in [-0.05, 0) is 67.2 Å². The lowest BCUT2D eigenvalue weighted by atomic mass is 9.79. The average Bonchev–Trinajstić information content (AvgIpc) is 3.78. The molecule has 2 aliphatic heterocycles. The van der Waals surface area contributed by atoms with Crippen molar-refractivity contribution in [3.05, 3.63) is 94.7 Å². The second-order valence-electron chi connectivity index (χ2n) is 13.9.